The number of hydrogen-bond acceptors (Lipinski definition) is 3. The van der Waals surface area contributed by atoms with Crippen molar-refractivity contribution < 1.29 is 9.84 Å². The maximum Gasteiger partial charge on any atom is 0.214 e. The van der Waals surface area contributed by atoms with Gasteiger partial charge in [-0.05, 0) is 26.7 Å². The van der Waals surface area contributed by atoms with Crippen molar-refractivity contribution in [3.8, 4) is 5.88 Å². The van der Waals surface area contributed by atoms with Crippen LogP contribution < -0.4 is 4.74 Å². The molecule has 0 aliphatic carbocycles. The molecule has 0 saturated heterocycles. The topological polar surface area (TPSA) is 47.3 Å². The quantitative estimate of drug-likeness (QED) is 0.786. The van der Waals surface area contributed by atoms with E-state index in [2.05, 4.69) is 5.10 Å². The molecule has 1 heterocycles. The van der Waals surface area contributed by atoms with Gasteiger partial charge in [0.2, 0.25) is 5.88 Å². The average Bonchev–Trinajstić information content (AvgIpc) is 2.36. The van der Waals surface area contributed by atoms with Crippen LogP contribution in [0.1, 0.15) is 24.6 Å². The van der Waals surface area contributed by atoms with Crippen molar-refractivity contribution in [3.63, 3.8) is 0 Å². The number of aryl methyl sites for hydroxylation is 2. The summed E-state index contributed by atoms with van der Waals surface area (Å²) in [6.45, 7) is 3.75. The highest BCUT2D eigenvalue weighted by Crippen LogP contribution is 2.22. The fourth-order valence-corrected chi connectivity index (χ4v) is 1.58. The number of nitrogens with zero attached hydrogens (tertiary/aromatic N) is 2. The van der Waals surface area contributed by atoms with Crippen LogP contribution in [0, 0.1) is 6.92 Å². The van der Waals surface area contributed by atoms with E-state index in [1.165, 1.54) is 0 Å². The van der Waals surface area contributed by atoms with E-state index in [9.17, 15) is 5.11 Å². The molecular formula is C10H18N2O2. The number of rotatable bonds is 4. The minimum atomic E-state index is -0.278. The standard InChI is InChI=1S/C10H18N2O2/c1-7(13)5-6-9-8(2)11-12(3)10(9)14-4/h7,13H,5-6H2,1-4H3/t7-/m0/s1. The summed E-state index contributed by atoms with van der Waals surface area (Å²) in [5.74, 6) is 0.795. The van der Waals surface area contributed by atoms with Crippen molar-refractivity contribution in [1.82, 2.24) is 9.78 Å². The van der Waals surface area contributed by atoms with Crippen LogP contribution in [0.15, 0.2) is 0 Å². The second-order valence-corrected chi connectivity index (χ2v) is 3.58. The lowest BCUT2D eigenvalue weighted by Gasteiger charge is -2.06. The van der Waals surface area contributed by atoms with E-state index < -0.39 is 0 Å². The highest BCUT2D eigenvalue weighted by molar-refractivity contribution is 5.30. The zero-order valence-electron chi connectivity index (χ0n) is 9.24. The van der Waals surface area contributed by atoms with E-state index in [1.54, 1.807) is 18.7 Å². The van der Waals surface area contributed by atoms with Gasteiger partial charge < -0.3 is 9.84 Å². The molecule has 0 aromatic carbocycles. The van der Waals surface area contributed by atoms with Gasteiger partial charge in [0.1, 0.15) is 0 Å². The third-order valence-electron chi connectivity index (χ3n) is 2.29. The molecule has 1 atom stereocenters. The van der Waals surface area contributed by atoms with Crippen LogP contribution in [0.2, 0.25) is 0 Å². The molecule has 0 fully saturated rings. The van der Waals surface area contributed by atoms with Crippen LogP contribution in [0.4, 0.5) is 0 Å². The Morgan fingerprint density at radius 2 is 2.21 bits per heavy atom. The summed E-state index contributed by atoms with van der Waals surface area (Å²) in [5, 5.41) is 13.5. The van der Waals surface area contributed by atoms with Crippen LogP contribution in [-0.2, 0) is 13.5 Å². The van der Waals surface area contributed by atoms with Gasteiger partial charge in [-0.15, -0.1) is 0 Å². The third-order valence-corrected chi connectivity index (χ3v) is 2.29. The first-order valence-electron chi connectivity index (χ1n) is 4.80. The normalized spacial score (nSPS) is 12.9. The van der Waals surface area contributed by atoms with Gasteiger partial charge in [-0.2, -0.15) is 5.10 Å². The molecule has 1 N–H and O–H groups in total. The SMILES string of the molecule is COc1c(CC[C@H](C)O)c(C)nn1C. The van der Waals surface area contributed by atoms with Gasteiger partial charge in [0.25, 0.3) is 0 Å². The summed E-state index contributed by atoms with van der Waals surface area (Å²) in [7, 11) is 3.50. The van der Waals surface area contributed by atoms with E-state index in [4.69, 9.17) is 4.74 Å². The molecule has 0 radical (unpaired) electrons. The molecule has 0 unspecified atom stereocenters. The summed E-state index contributed by atoms with van der Waals surface area (Å²) < 4.78 is 6.98. The molecular weight excluding hydrogens is 180 g/mol. The molecule has 1 aromatic heterocycles. The highest BCUT2D eigenvalue weighted by atomic mass is 16.5. The summed E-state index contributed by atoms with van der Waals surface area (Å²) in [6.07, 6.45) is 1.27. The van der Waals surface area contributed by atoms with Crippen molar-refractivity contribution >= 4 is 0 Å². The Morgan fingerprint density at radius 3 is 2.71 bits per heavy atom. The Morgan fingerprint density at radius 1 is 1.57 bits per heavy atom. The van der Waals surface area contributed by atoms with Gasteiger partial charge in [-0.3, -0.25) is 0 Å². The minimum absolute atomic E-state index is 0.278. The number of hydrogen-bond donors (Lipinski definition) is 1. The maximum absolute atomic E-state index is 9.21. The molecule has 0 amide bonds. The Hall–Kier alpha value is -1.03. The fourth-order valence-electron chi connectivity index (χ4n) is 1.58. The Balaban J connectivity index is 2.83. The van der Waals surface area contributed by atoms with Crippen molar-refractivity contribution in [3.05, 3.63) is 11.3 Å². The number of ether oxygens (including phenoxy) is 1. The van der Waals surface area contributed by atoms with Gasteiger partial charge in [-0.25, -0.2) is 4.68 Å². The Bertz CT molecular complexity index is 305. The average molecular weight is 198 g/mol. The molecule has 0 saturated carbocycles. The predicted octanol–water partition coefficient (Wildman–Crippen LogP) is 1.05. The summed E-state index contributed by atoms with van der Waals surface area (Å²) in [6, 6.07) is 0. The minimum Gasteiger partial charge on any atom is -0.481 e. The van der Waals surface area contributed by atoms with Crippen molar-refractivity contribution in [1.29, 1.82) is 0 Å². The summed E-state index contributed by atoms with van der Waals surface area (Å²) in [5.41, 5.74) is 2.07. The van der Waals surface area contributed by atoms with E-state index in [-0.39, 0.29) is 6.10 Å². The number of aliphatic hydroxyl groups is 1. The first-order chi connectivity index (χ1) is 6.56. The molecule has 0 bridgehead atoms. The van der Waals surface area contributed by atoms with Crippen LogP contribution >= 0.6 is 0 Å². The molecule has 1 aromatic rings. The van der Waals surface area contributed by atoms with Gasteiger partial charge >= 0.3 is 0 Å². The first-order valence-corrected chi connectivity index (χ1v) is 4.80. The largest absolute Gasteiger partial charge is 0.481 e. The first kappa shape index (κ1) is 11.0. The second-order valence-electron chi connectivity index (χ2n) is 3.58. The molecule has 0 aliphatic heterocycles. The zero-order chi connectivity index (χ0) is 10.7. The van der Waals surface area contributed by atoms with Crippen molar-refractivity contribution in [2.75, 3.05) is 7.11 Å². The van der Waals surface area contributed by atoms with E-state index in [0.717, 1.165) is 30.0 Å². The number of methoxy groups -OCH3 is 1. The lowest BCUT2D eigenvalue weighted by atomic mass is 10.1. The Kier molecular flexibility index (Phi) is 3.52. The highest BCUT2D eigenvalue weighted by Gasteiger charge is 2.13. The molecule has 0 aliphatic rings. The van der Waals surface area contributed by atoms with Crippen molar-refractivity contribution in [2.24, 2.45) is 7.05 Å². The van der Waals surface area contributed by atoms with Gasteiger partial charge in [0.05, 0.1) is 18.9 Å². The monoisotopic (exact) mass is 198 g/mol. The number of aromatic nitrogens is 2. The lowest BCUT2D eigenvalue weighted by molar-refractivity contribution is 0.184. The predicted molar refractivity (Wildman–Crippen MR) is 54.5 cm³/mol. The summed E-state index contributed by atoms with van der Waals surface area (Å²) in [4.78, 5) is 0. The number of aliphatic hydroxyl groups excluding tert-OH is 1. The van der Waals surface area contributed by atoms with Crippen molar-refractivity contribution in [2.45, 2.75) is 32.8 Å². The van der Waals surface area contributed by atoms with E-state index in [1.807, 2.05) is 14.0 Å². The van der Waals surface area contributed by atoms with Gasteiger partial charge in [0.15, 0.2) is 0 Å². The van der Waals surface area contributed by atoms with E-state index >= 15 is 0 Å². The smallest absolute Gasteiger partial charge is 0.214 e. The van der Waals surface area contributed by atoms with Gasteiger partial charge in [-0.1, -0.05) is 0 Å². The molecule has 14 heavy (non-hydrogen) atoms. The molecule has 80 valence electrons. The van der Waals surface area contributed by atoms with Crippen LogP contribution in [-0.4, -0.2) is 28.1 Å². The lowest BCUT2D eigenvalue weighted by Crippen LogP contribution is -2.03. The molecule has 4 nitrogen and oxygen atoms in total. The third kappa shape index (κ3) is 2.26. The summed E-state index contributed by atoms with van der Waals surface area (Å²) >= 11 is 0. The molecule has 1 rings (SSSR count). The maximum atomic E-state index is 9.21. The van der Waals surface area contributed by atoms with Crippen LogP contribution in [0.5, 0.6) is 5.88 Å². The second kappa shape index (κ2) is 4.46. The fraction of sp³-hybridized carbons (Fsp3) is 0.700. The van der Waals surface area contributed by atoms with E-state index in [0.29, 0.717) is 0 Å². The Labute approximate surface area is 84.5 Å². The molecule has 4 heteroatoms. The zero-order valence-corrected chi connectivity index (χ0v) is 9.24. The van der Waals surface area contributed by atoms with Gasteiger partial charge in [0, 0.05) is 12.6 Å². The van der Waals surface area contributed by atoms with Crippen LogP contribution in [0.25, 0.3) is 0 Å². The van der Waals surface area contributed by atoms with Crippen LogP contribution in [0.3, 0.4) is 0 Å². The molecule has 0 spiro atoms.